The van der Waals surface area contributed by atoms with Gasteiger partial charge in [0.15, 0.2) is 0 Å². The summed E-state index contributed by atoms with van der Waals surface area (Å²) in [6.45, 7) is 10.2. The van der Waals surface area contributed by atoms with Gasteiger partial charge >= 0.3 is 5.97 Å². The molecule has 3 nitrogen and oxygen atoms in total. The predicted octanol–water partition coefficient (Wildman–Crippen LogP) is 4.82. The van der Waals surface area contributed by atoms with Crippen molar-refractivity contribution in [3.05, 3.63) is 71.8 Å². The van der Waals surface area contributed by atoms with Crippen molar-refractivity contribution in [3.8, 4) is 5.75 Å². The highest BCUT2D eigenvalue weighted by atomic mass is 16.5. The third kappa shape index (κ3) is 4.22. The molecule has 0 radical (unpaired) electrons. The van der Waals surface area contributed by atoms with Gasteiger partial charge in [-0.15, -0.1) is 0 Å². The van der Waals surface area contributed by atoms with Gasteiger partial charge < -0.3 is 9.47 Å². The maximum absolute atomic E-state index is 12.2. The number of carbonyl (C=O) groups excluding carboxylic acids is 1. The first kappa shape index (κ1) is 16.8. The summed E-state index contributed by atoms with van der Waals surface area (Å²) in [6, 6.07) is 14.7. The minimum absolute atomic E-state index is 0.0507. The van der Waals surface area contributed by atoms with Crippen LogP contribution in [0.25, 0.3) is 5.76 Å². The first-order chi connectivity index (χ1) is 10.8. The SMILES string of the molecule is C=C(OC(=O)c1ccc(C(C)(C)C)cc1)c1ccc(OC)cc1. The maximum atomic E-state index is 12.2. The zero-order chi connectivity index (χ0) is 17.0. The number of benzene rings is 2. The van der Waals surface area contributed by atoms with Crippen LogP contribution in [0.1, 0.15) is 42.3 Å². The van der Waals surface area contributed by atoms with Gasteiger partial charge in [0, 0.05) is 5.56 Å². The van der Waals surface area contributed by atoms with E-state index in [0.717, 1.165) is 11.3 Å². The van der Waals surface area contributed by atoms with Crippen LogP contribution in [0.15, 0.2) is 55.1 Å². The Labute approximate surface area is 137 Å². The first-order valence-corrected chi connectivity index (χ1v) is 7.47. The fourth-order valence-corrected chi connectivity index (χ4v) is 2.11. The molecule has 0 aliphatic rings. The number of methoxy groups -OCH3 is 1. The second kappa shape index (κ2) is 6.69. The van der Waals surface area contributed by atoms with E-state index in [1.165, 1.54) is 5.56 Å². The van der Waals surface area contributed by atoms with Crippen molar-refractivity contribution >= 4 is 11.7 Å². The van der Waals surface area contributed by atoms with Crippen molar-refractivity contribution in [1.29, 1.82) is 0 Å². The van der Waals surface area contributed by atoms with Crippen LogP contribution in [-0.4, -0.2) is 13.1 Å². The molecule has 0 fully saturated rings. The summed E-state index contributed by atoms with van der Waals surface area (Å²) < 4.78 is 10.4. The van der Waals surface area contributed by atoms with Crippen molar-refractivity contribution < 1.29 is 14.3 Å². The molecule has 0 unspecified atom stereocenters. The summed E-state index contributed by atoms with van der Waals surface area (Å²) in [7, 11) is 1.60. The van der Waals surface area contributed by atoms with Gasteiger partial charge in [-0.1, -0.05) is 39.5 Å². The zero-order valence-corrected chi connectivity index (χ0v) is 14.1. The minimum atomic E-state index is -0.411. The van der Waals surface area contributed by atoms with Crippen LogP contribution in [0.5, 0.6) is 5.75 Å². The molecule has 0 atom stereocenters. The highest BCUT2D eigenvalue weighted by Crippen LogP contribution is 2.23. The third-order valence-corrected chi connectivity index (χ3v) is 3.61. The number of ether oxygens (including phenoxy) is 2. The van der Waals surface area contributed by atoms with Crippen LogP contribution < -0.4 is 4.74 Å². The van der Waals surface area contributed by atoms with E-state index in [2.05, 4.69) is 27.4 Å². The van der Waals surface area contributed by atoms with Crippen LogP contribution in [0.4, 0.5) is 0 Å². The molecule has 23 heavy (non-hydrogen) atoms. The zero-order valence-electron chi connectivity index (χ0n) is 14.1. The van der Waals surface area contributed by atoms with Gasteiger partial charge in [0.25, 0.3) is 0 Å². The van der Waals surface area contributed by atoms with Crippen molar-refractivity contribution in [1.82, 2.24) is 0 Å². The largest absolute Gasteiger partial charge is 0.497 e. The molecule has 0 aliphatic carbocycles. The monoisotopic (exact) mass is 310 g/mol. The Morgan fingerprint density at radius 3 is 1.91 bits per heavy atom. The van der Waals surface area contributed by atoms with Crippen molar-refractivity contribution in [2.45, 2.75) is 26.2 Å². The van der Waals surface area contributed by atoms with Crippen LogP contribution >= 0.6 is 0 Å². The van der Waals surface area contributed by atoms with E-state index in [9.17, 15) is 4.79 Å². The summed E-state index contributed by atoms with van der Waals surface area (Å²) in [5.41, 5.74) is 2.47. The fourth-order valence-electron chi connectivity index (χ4n) is 2.11. The lowest BCUT2D eigenvalue weighted by Gasteiger charge is -2.19. The topological polar surface area (TPSA) is 35.5 Å². The molecule has 0 N–H and O–H groups in total. The minimum Gasteiger partial charge on any atom is -0.497 e. The van der Waals surface area contributed by atoms with E-state index in [1.807, 2.05) is 12.1 Å². The molecule has 0 aromatic heterocycles. The Hall–Kier alpha value is -2.55. The van der Waals surface area contributed by atoms with Gasteiger partial charge in [-0.3, -0.25) is 0 Å². The second-order valence-electron chi connectivity index (χ2n) is 6.37. The molecule has 0 saturated carbocycles. The molecule has 0 bridgehead atoms. The Balaban J connectivity index is 2.07. The molecular weight excluding hydrogens is 288 g/mol. The Kier molecular flexibility index (Phi) is 4.89. The molecule has 120 valence electrons. The van der Waals surface area contributed by atoms with Crippen molar-refractivity contribution in [2.24, 2.45) is 0 Å². The van der Waals surface area contributed by atoms with Crippen LogP contribution in [-0.2, 0) is 10.2 Å². The van der Waals surface area contributed by atoms with E-state index in [0.29, 0.717) is 11.3 Å². The highest BCUT2D eigenvalue weighted by molar-refractivity contribution is 5.92. The van der Waals surface area contributed by atoms with Gasteiger partial charge in [-0.2, -0.15) is 0 Å². The fraction of sp³-hybridized carbons (Fsp3) is 0.250. The maximum Gasteiger partial charge on any atom is 0.343 e. The van der Waals surface area contributed by atoms with E-state index in [4.69, 9.17) is 9.47 Å². The van der Waals surface area contributed by atoms with Gasteiger partial charge in [0.2, 0.25) is 0 Å². The Morgan fingerprint density at radius 1 is 0.913 bits per heavy atom. The number of hydrogen-bond donors (Lipinski definition) is 0. The van der Waals surface area contributed by atoms with E-state index < -0.39 is 5.97 Å². The lowest BCUT2D eigenvalue weighted by Crippen LogP contribution is -2.11. The second-order valence-corrected chi connectivity index (χ2v) is 6.37. The molecule has 0 aliphatic heterocycles. The molecule has 2 aromatic rings. The lowest BCUT2D eigenvalue weighted by atomic mass is 9.87. The number of esters is 1. The summed E-state index contributed by atoms with van der Waals surface area (Å²) in [6.07, 6.45) is 0. The average Bonchev–Trinajstić information content (AvgIpc) is 2.54. The van der Waals surface area contributed by atoms with Crippen molar-refractivity contribution in [2.75, 3.05) is 7.11 Å². The van der Waals surface area contributed by atoms with E-state index >= 15 is 0 Å². The quantitative estimate of drug-likeness (QED) is 0.600. The highest BCUT2D eigenvalue weighted by Gasteiger charge is 2.15. The van der Waals surface area contributed by atoms with Gasteiger partial charge in [0.05, 0.1) is 12.7 Å². The number of rotatable bonds is 4. The lowest BCUT2D eigenvalue weighted by molar-refractivity contribution is 0.0693. The average molecular weight is 310 g/mol. The Morgan fingerprint density at radius 2 is 1.43 bits per heavy atom. The first-order valence-electron chi connectivity index (χ1n) is 7.47. The number of carbonyl (C=O) groups is 1. The van der Waals surface area contributed by atoms with Gasteiger partial charge in [-0.05, 0) is 47.4 Å². The molecule has 0 amide bonds. The normalized spacial score (nSPS) is 11.0. The summed E-state index contributed by atoms with van der Waals surface area (Å²) in [4.78, 5) is 12.2. The van der Waals surface area contributed by atoms with Crippen molar-refractivity contribution in [3.63, 3.8) is 0 Å². The third-order valence-electron chi connectivity index (χ3n) is 3.61. The standard InChI is InChI=1S/C20H22O3/c1-14(15-8-12-18(22-5)13-9-15)23-19(21)16-6-10-17(11-7-16)20(2,3)4/h6-13H,1H2,2-5H3. The van der Waals surface area contributed by atoms with Crippen LogP contribution in [0.2, 0.25) is 0 Å². The number of hydrogen-bond acceptors (Lipinski definition) is 3. The predicted molar refractivity (Wildman–Crippen MR) is 92.6 cm³/mol. The molecule has 0 heterocycles. The molecule has 2 aromatic carbocycles. The van der Waals surface area contributed by atoms with E-state index in [-0.39, 0.29) is 5.41 Å². The smallest absolute Gasteiger partial charge is 0.343 e. The Bertz CT molecular complexity index is 689. The molecular formula is C20H22O3. The molecule has 3 heteroatoms. The molecule has 0 spiro atoms. The van der Waals surface area contributed by atoms with Gasteiger partial charge in [-0.25, -0.2) is 4.79 Å². The van der Waals surface area contributed by atoms with E-state index in [1.54, 1.807) is 43.5 Å². The van der Waals surface area contributed by atoms with Crippen LogP contribution in [0.3, 0.4) is 0 Å². The van der Waals surface area contributed by atoms with Gasteiger partial charge in [0.1, 0.15) is 11.5 Å². The summed E-state index contributed by atoms with van der Waals surface area (Å²) in [5.74, 6) is 0.648. The summed E-state index contributed by atoms with van der Waals surface area (Å²) in [5, 5.41) is 0. The molecule has 2 rings (SSSR count). The van der Waals surface area contributed by atoms with Crippen LogP contribution in [0, 0.1) is 0 Å². The summed E-state index contributed by atoms with van der Waals surface area (Å²) >= 11 is 0. The molecule has 0 saturated heterocycles.